The van der Waals surface area contributed by atoms with Crippen LogP contribution in [0.25, 0.3) is 11.0 Å². The summed E-state index contributed by atoms with van der Waals surface area (Å²) >= 11 is 0. The van der Waals surface area contributed by atoms with Crippen LogP contribution in [0, 0.1) is 0 Å². The van der Waals surface area contributed by atoms with Crippen molar-refractivity contribution in [3.63, 3.8) is 0 Å². The van der Waals surface area contributed by atoms with Crippen molar-refractivity contribution in [2.24, 2.45) is 0 Å². The number of hydrogen-bond donors (Lipinski definition) is 1. The number of nitrogens with one attached hydrogen (secondary N) is 1. The molecule has 0 radical (unpaired) electrons. The lowest BCUT2D eigenvalue weighted by Gasteiger charge is -2.32. The largest absolute Gasteiger partial charge is 0.348 e. The molecule has 1 saturated heterocycles. The molecule has 1 atom stereocenters. The Morgan fingerprint density at radius 1 is 1.29 bits per heavy atom. The van der Waals surface area contributed by atoms with E-state index in [9.17, 15) is 4.79 Å². The standard InChI is InChI=1S/C18H21N5O/c24-17(7-11-23-13-21-15-5-1-2-6-16(15)23)22-10-3-4-14(12-22)18-19-8-9-20-18/h1-2,5-6,8-9,13-14H,3-4,7,10-12H2,(H,19,20)/t14-/m1/s1. The molecule has 1 fully saturated rings. The molecule has 6 nitrogen and oxygen atoms in total. The van der Waals surface area contributed by atoms with Crippen LogP contribution in [0.2, 0.25) is 0 Å². The van der Waals surface area contributed by atoms with Crippen molar-refractivity contribution in [3.05, 3.63) is 48.8 Å². The van der Waals surface area contributed by atoms with Gasteiger partial charge in [-0.3, -0.25) is 4.79 Å². The van der Waals surface area contributed by atoms with Crippen molar-refractivity contribution in [1.82, 2.24) is 24.4 Å². The first-order valence-electron chi connectivity index (χ1n) is 8.48. The Balaban J connectivity index is 1.39. The maximum atomic E-state index is 12.6. The Kier molecular flexibility index (Phi) is 4.02. The fourth-order valence-corrected chi connectivity index (χ4v) is 3.49. The highest BCUT2D eigenvalue weighted by Gasteiger charge is 2.25. The number of imidazole rings is 2. The second-order valence-corrected chi connectivity index (χ2v) is 6.33. The Morgan fingerprint density at radius 2 is 2.21 bits per heavy atom. The summed E-state index contributed by atoms with van der Waals surface area (Å²) in [5.41, 5.74) is 2.05. The van der Waals surface area contributed by atoms with E-state index in [0.717, 1.165) is 42.8 Å². The van der Waals surface area contributed by atoms with Gasteiger partial charge in [0.05, 0.1) is 17.4 Å². The Bertz CT molecular complexity index is 823. The highest BCUT2D eigenvalue weighted by molar-refractivity contribution is 5.77. The minimum atomic E-state index is 0.212. The van der Waals surface area contributed by atoms with Gasteiger partial charge in [0.2, 0.25) is 5.91 Å². The molecule has 0 bridgehead atoms. The van der Waals surface area contributed by atoms with Crippen LogP contribution < -0.4 is 0 Å². The van der Waals surface area contributed by atoms with E-state index in [1.54, 1.807) is 6.20 Å². The van der Waals surface area contributed by atoms with Crippen LogP contribution in [0.15, 0.2) is 43.0 Å². The lowest BCUT2D eigenvalue weighted by Crippen LogP contribution is -2.39. The molecule has 1 N–H and O–H groups in total. The number of aromatic nitrogens is 4. The van der Waals surface area contributed by atoms with Gasteiger partial charge in [-0.2, -0.15) is 0 Å². The van der Waals surface area contributed by atoms with E-state index in [2.05, 4.69) is 19.5 Å². The molecule has 0 unspecified atom stereocenters. The predicted molar refractivity (Wildman–Crippen MR) is 91.5 cm³/mol. The van der Waals surface area contributed by atoms with Crippen molar-refractivity contribution >= 4 is 16.9 Å². The summed E-state index contributed by atoms with van der Waals surface area (Å²) in [7, 11) is 0. The number of fused-ring (bicyclic) bond motifs is 1. The van der Waals surface area contributed by atoms with Gasteiger partial charge < -0.3 is 14.5 Å². The molecule has 4 rings (SSSR count). The number of rotatable bonds is 4. The third-order valence-corrected chi connectivity index (χ3v) is 4.77. The zero-order chi connectivity index (χ0) is 16.4. The van der Waals surface area contributed by atoms with Crippen molar-refractivity contribution < 1.29 is 4.79 Å². The van der Waals surface area contributed by atoms with E-state index in [-0.39, 0.29) is 5.91 Å². The van der Waals surface area contributed by atoms with E-state index in [1.807, 2.05) is 41.7 Å². The Labute approximate surface area is 140 Å². The summed E-state index contributed by atoms with van der Waals surface area (Å²) in [5, 5.41) is 0. The molecule has 6 heteroatoms. The van der Waals surface area contributed by atoms with Crippen LogP contribution in [-0.4, -0.2) is 43.4 Å². The van der Waals surface area contributed by atoms with Gasteiger partial charge in [-0.15, -0.1) is 0 Å². The zero-order valence-corrected chi connectivity index (χ0v) is 13.6. The van der Waals surface area contributed by atoms with Crippen LogP contribution in [0.3, 0.4) is 0 Å². The predicted octanol–water partition coefficient (Wildman–Crippen LogP) is 2.56. The third-order valence-electron chi connectivity index (χ3n) is 4.77. The lowest BCUT2D eigenvalue weighted by atomic mass is 9.97. The van der Waals surface area contributed by atoms with Gasteiger partial charge in [-0.05, 0) is 25.0 Å². The average molecular weight is 323 g/mol. The number of aromatic amines is 1. The summed E-state index contributed by atoms with van der Waals surface area (Å²) in [6.07, 6.45) is 8.07. The van der Waals surface area contributed by atoms with Crippen molar-refractivity contribution in [3.8, 4) is 0 Å². The smallest absolute Gasteiger partial charge is 0.224 e. The minimum Gasteiger partial charge on any atom is -0.348 e. The van der Waals surface area contributed by atoms with Crippen molar-refractivity contribution in [2.45, 2.75) is 31.7 Å². The van der Waals surface area contributed by atoms with Crippen LogP contribution in [0.4, 0.5) is 0 Å². The summed E-state index contributed by atoms with van der Waals surface area (Å²) < 4.78 is 2.06. The van der Waals surface area contributed by atoms with Gasteiger partial charge in [-0.25, -0.2) is 9.97 Å². The van der Waals surface area contributed by atoms with E-state index < -0.39 is 0 Å². The molecule has 2 aromatic heterocycles. The molecule has 24 heavy (non-hydrogen) atoms. The SMILES string of the molecule is O=C(CCn1cnc2ccccc21)N1CCC[C@@H](c2ncc[nH]2)C1. The molecule has 0 saturated carbocycles. The molecule has 1 aliphatic heterocycles. The topological polar surface area (TPSA) is 66.8 Å². The molecule has 0 spiro atoms. The van der Waals surface area contributed by atoms with Crippen LogP contribution in [0.5, 0.6) is 0 Å². The number of piperidine rings is 1. The molecule has 3 aromatic rings. The molecule has 0 aliphatic carbocycles. The molecule has 1 aromatic carbocycles. The molecule has 124 valence electrons. The summed E-state index contributed by atoms with van der Waals surface area (Å²) in [5.74, 6) is 1.53. The maximum Gasteiger partial charge on any atom is 0.224 e. The number of hydrogen-bond acceptors (Lipinski definition) is 3. The van der Waals surface area contributed by atoms with Gasteiger partial charge in [0, 0.05) is 44.4 Å². The lowest BCUT2D eigenvalue weighted by molar-refractivity contribution is -0.132. The first-order valence-corrected chi connectivity index (χ1v) is 8.48. The summed E-state index contributed by atoms with van der Waals surface area (Å²) in [6.45, 7) is 2.28. The quantitative estimate of drug-likeness (QED) is 0.802. The fourth-order valence-electron chi connectivity index (χ4n) is 3.49. The van der Waals surface area contributed by atoms with Gasteiger partial charge in [0.15, 0.2) is 0 Å². The third kappa shape index (κ3) is 2.91. The number of amides is 1. The Hall–Kier alpha value is -2.63. The van der Waals surface area contributed by atoms with Crippen LogP contribution in [0.1, 0.15) is 31.0 Å². The van der Waals surface area contributed by atoms with Gasteiger partial charge >= 0.3 is 0 Å². The molecule has 1 amide bonds. The van der Waals surface area contributed by atoms with E-state index in [4.69, 9.17) is 0 Å². The number of likely N-dealkylation sites (tertiary alicyclic amines) is 1. The molecular formula is C18H21N5O. The number of benzene rings is 1. The van der Waals surface area contributed by atoms with Gasteiger partial charge in [0.25, 0.3) is 0 Å². The number of nitrogens with zero attached hydrogens (tertiary/aromatic N) is 4. The molecular weight excluding hydrogens is 302 g/mol. The zero-order valence-electron chi connectivity index (χ0n) is 13.6. The van der Waals surface area contributed by atoms with Gasteiger partial charge in [-0.1, -0.05) is 12.1 Å². The van der Waals surface area contributed by atoms with Crippen LogP contribution >= 0.6 is 0 Å². The Morgan fingerprint density at radius 3 is 3.08 bits per heavy atom. The average Bonchev–Trinajstić information content (AvgIpc) is 3.30. The first kappa shape index (κ1) is 14.9. The van der Waals surface area contributed by atoms with Crippen molar-refractivity contribution in [1.29, 1.82) is 0 Å². The van der Waals surface area contributed by atoms with E-state index in [0.29, 0.717) is 18.9 Å². The van der Waals surface area contributed by atoms with Crippen molar-refractivity contribution in [2.75, 3.05) is 13.1 Å². The number of aryl methyl sites for hydroxylation is 1. The number of H-pyrrole nitrogens is 1. The fraction of sp³-hybridized carbons (Fsp3) is 0.389. The van der Waals surface area contributed by atoms with E-state index >= 15 is 0 Å². The number of carbonyl (C=O) groups is 1. The van der Waals surface area contributed by atoms with Gasteiger partial charge in [0.1, 0.15) is 5.82 Å². The normalized spacial score (nSPS) is 18.2. The monoisotopic (exact) mass is 323 g/mol. The maximum absolute atomic E-state index is 12.6. The van der Waals surface area contributed by atoms with Crippen LogP contribution in [-0.2, 0) is 11.3 Å². The minimum absolute atomic E-state index is 0.212. The molecule has 3 heterocycles. The summed E-state index contributed by atoms with van der Waals surface area (Å²) in [4.78, 5) is 26.5. The number of carbonyl (C=O) groups excluding carboxylic acids is 1. The second-order valence-electron chi connectivity index (χ2n) is 6.33. The second kappa shape index (κ2) is 6.47. The molecule has 1 aliphatic rings. The highest BCUT2D eigenvalue weighted by Crippen LogP contribution is 2.24. The highest BCUT2D eigenvalue weighted by atomic mass is 16.2. The summed E-state index contributed by atoms with van der Waals surface area (Å²) in [6, 6.07) is 8.02. The number of para-hydroxylation sites is 2. The van der Waals surface area contributed by atoms with E-state index in [1.165, 1.54) is 0 Å². The first-order chi connectivity index (χ1) is 11.8.